The number of hydrogen-bond donors (Lipinski definition) is 1. The first kappa shape index (κ1) is 14.3. The Balaban J connectivity index is 1.66. The molecule has 3 aromatic rings. The van der Waals surface area contributed by atoms with Crippen LogP contribution in [0.15, 0.2) is 49.2 Å². The Morgan fingerprint density at radius 3 is 2.74 bits per heavy atom. The minimum atomic E-state index is -0.422. The lowest BCUT2D eigenvalue weighted by Crippen LogP contribution is -2.15. The largest absolute Gasteiger partial charge is 0.288 e. The van der Waals surface area contributed by atoms with Crippen molar-refractivity contribution in [3.63, 3.8) is 0 Å². The van der Waals surface area contributed by atoms with Crippen molar-refractivity contribution < 1.29 is 4.79 Å². The van der Waals surface area contributed by atoms with Gasteiger partial charge in [-0.25, -0.2) is 14.6 Å². The quantitative estimate of drug-likeness (QED) is 0.776. The zero-order valence-electron chi connectivity index (χ0n) is 11.9. The highest BCUT2D eigenvalue weighted by Crippen LogP contribution is 2.06. The lowest BCUT2D eigenvalue weighted by Gasteiger charge is -2.01. The van der Waals surface area contributed by atoms with Crippen LogP contribution in [0.1, 0.15) is 21.6 Å². The number of anilines is 1. The van der Waals surface area contributed by atoms with Crippen molar-refractivity contribution in [2.45, 2.75) is 6.54 Å². The van der Waals surface area contributed by atoms with E-state index in [4.69, 9.17) is 5.26 Å². The minimum absolute atomic E-state index is 0.189. The molecule has 2 aromatic heterocycles. The summed E-state index contributed by atoms with van der Waals surface area (Å²) in [5.74, 6) is -0.233. The average molecular weight is 305 g/mol. The molecule has 8 heteroatoms. The zero-order chi connectivity index (χ0) is 16.1. The number of carbonyl (C=O) groups excluding carboxylic acids is 1. The van der Waals surface area contributed by atoms with E-state index in [-0.39, 0.29) is 11.6 Å². The van der Waals surface area contributed by atoms with Crippen LogP contribution in [0.5, 0.6) is 0 Å². The summed E-state index contributed by atoms with van der Waals surface area (Å²) in [6, 6.07) is 9.23. The number of benzene rings is 1. The number of hydrogen-bond acceptors (Lipinski definition) is 6. The third-order valence-corrected chi connectivity index (χ3v) is 2.99. The molecule has 0 aliphatic heterocycles. The maximum atomic E-state index is 11.9. The standard InChI is InChI=1S/C15H11N7O/c16-7-11-1-3-12(4-2-11)9-22-10-19-15(21-22)20-14(23)13-8-17-5-6-18-13/h1-6,8,10H,9H2,(H,20,21,23). The molecule has 1 aromatic carbocycles. The normalized spacial score (nSPS) is 10.0. The molecule has 1 amide bonds. The third-order valence-electron chi connectivity index (χ3n) is 2.99. The molecule has 0 saturated carbocycles. The van der Waals surface area contributed by atoms with Gasteiger partial charge in [0, 0.05) is 12.4 Å². The summed E-state index contributed by atoms with van der Waals surface area (Å²) in [6.45, 7) is 0.486. The lowest BCUT2D eigenvalue weighted by molar-refractivity contribution is 0.102. The van der Waals surface area contributed by atoms with E-state index in [1.807, 2.05) is 12.1 Å². The van der Waals surface area contributed by atoms with Crippen LogP contribution in [-0.2, 0) is 6.54 Å². The number of carbonyl (C=O) groups is 1. The molecule has 0 fully saturated rings. The van der Waals surface area contributed by atoms with Gasteiger partial charge in [0.1, 0.15) is 12.0 Å². The average Bonchev–Trinajstić information content (AvgIpc) is 3.03. The first-order valence-corrected chi connectivity index (χ1v) is 6.70. The summed E-state index contributed by atoms with van der Waals surface area (Å²) in [5, 5.41) is 15.5. The van der Waals surface area contributed by atoms with Gasteiger partial charge in [-0.1, -0.05) is 12.1 Å². The number of aromatic nitrogens is 5. The summed E-state index contributed by atoms with van der Waals surface area (Å²) in [6.07, 6.45) is 5.81. The van der Waals surface area contributed by atoms with Crippen molar-refractivity contribution in [1.82, 2.24) is 24.7 Å². The molecule has 2 heterocycles. The second kappa shape index (κ2) is 6.44. The summed E-state index contributed by atoms with van der Waals surface area (Å²) >= 11 is 0. The molecular weight excluding hydrogens is 294 g/mol. The molecule has 23 heavy (non-hydrogen) atoms. The minimum Gasteiger partial charge on any atom is -0.288 e. The van der Waals surface area contributed by atoms with Crippen LogP contribution in [0.2, 0.25) is 0 Å². The second-order valence-electron chi connectivity index (χ2n) is 4.62. The van der Waals surface area contributed by atoms with E-state index in [9.17, 15) is 4.79 Å². The van der Waals surface area contributed by atoms with Gasteiger partial charge in [-0.05, 0) is 17.7 Å². The number of nitrogens with one attached hydrogen (secondary N) is 1. The van der Waals surface area contributed by atoms with Gasteiger partial charge in [0.05, 0.1) is 24.4 Å². The Kier molecular flexibility index (Phi) is 4.02. The maximum absolute atomic E-state index is 11.9. The molecule has 0 spiro atoms. The molecular formula is C15H11N7O. The van der Waals surface area contributed by atoms with Crippen LogP contribution in [0, 0.1) is 11.3 Å². The summed E-state index contributed by atoms with van der Waals surface area (Å²) < 4.78 is 1.59. The van der Waals surface area contributed by atoms with E-state index in [0.29, 0.717) is 12.1 Å². The molecule has 112 valence electrons. The second-order valence-corrected chi connectivity index (χ2v) is 4.62. The SMILES string of the molecule is N#Cc1ccc(Cn2cnc(NC(=O)c3cnccn3)n2)cc1. The molecule has 1 N–H and O–H groups in total. The number of amides is 1. The molecule has 3 rings (SSSR count). The van der Waals surface area contributed by atoms with Crippen molar-refractivity contribution in [3.8, 4) is 6.07 Å². The highest BCUT2D eigenvalue weighted by atomic mass is 16.2. The summed E-state index contributed by atoms with van der Waals surface area (Å²) in [4.78, 5) is 23.7. The molecule has 0 atom stereocenters. The van der Waals surface area contributed by atoms with Crippen molar-refractivity contribution >= 4 is 11.9 Å². The zero-order valence-corrected chi connectivity index (χ0v) is 11.9. The number of rotatable bonds is 4. The Morgan fingerprint density at radius 1 is 1.22 bits per heavy atom. The maximum Gasteiger partial charge on any atom is 0.278 e. The monoisotopic (exact) mass is 305 g/mol. The smallest absolute Gasteiger partial charge is 0.278 e. The summed E-state index contributed by atoms with van der Waals surface area (Å²) in [5.41, 5.74) is 1.76. The van der Waals surface area contributed by atoms with E-state index in [1.165, 1.54) is 24.9 Å². The fourth-order valence-electron chi connectivity index (χ4n) is 1.88. The van der Waals surface area contributed by atoms with Gasteiger partial charge in [-0.2, -0.15) is 5.26 Å². The first-order valence-electron chi connectivity index (χ1n) is 6.70. The van der Waals surface area contributed by atoms with Crippen LogP contribution in [0.3, 0.4) is 0 Å². The number of nitriles is 1. The van der Waals surface area contributed by atoms with Gasteiger partial charge in [0.25, 0.3) is 5.91 Å². The first-order chi connectivity index (χ1) is 11.2. The van der Waals surface area contributed by atoms with Crippen LogP contribution >= 0.6 is 0 Å². The molecule has 0 radical (unpaired) electrons. The molecule has 0 saturated heterocycles. The van der Waals surface area contributed by atoms with Gasteiger partial charge in [0.2, 0.25) is 5.95 Å². The van der Waals surface area contributed by atoms with E-state index in [1.54, 1.807) is 16.8 Å². The van der Waals surface area contributed by atoms with Gasteiger partial charge >= 0.3 is 0 Å². The fourth-order valence-corrected chi connectivity index (χ4v) is 1.88. The van der Waals surface area contributed by atoms with Gasteiger partial charge in [-0.3, -0.25) is 15.1 Å². The van der Waals surface area contributed by atoms with E-state index >= 15 is 0 Å². The Hall–Kier alpha value is -3.60. The predicted molar refractivity (Wildman–Crippen MR) is 80.3 cm³/mol. The van der Waals surface area contributed by atoms with E-state index < -0.39 is 5.91 Å². The Bertz CT molecular complexity index is 850. The highest BCUT2D eigenvalue weighted by Gasteiger charge is 2.10. The van der Waals surface area contributed by atoms with Crippen LogP contribution in [-0.4, -0.2) is 30.6 Å². The van der Waals surface area contributed by atoms with Crippen LogP contribution < -0.4 is 5.32 Å². The van der Waals surface area contributed by atoms with Crippen LogP contribution in [0.25, 0.3) is 0 Å². The molecule has 0 aliphatic carbocycles. The van der Waals surface area contributed by atoms with Crippen molar-refractivity contribution in [3.05, 3.63) is 66.0 Å². The predicted octanol–water partition coefficient (Wildman–Crippen LogP) is 1.24. The highest BCUT2D eigenvalue weighted by molar-refractivity contribution is 6.01. The van der Waals surface area contributed by atoms with E-state index in [2.05, 4.69) is 31.4 Å². The van der Waals surface area contributed by atoms with Gasteiger partial charge < -0.3 is 0 Å². The van der Waals surface area contributed by atoms with Gasteiger partial charge in [0.15, 0.2) is 0 Å². The lowest BCUT2D eigenvalue weighted by atomic mass is 10.1. The topological polar surface area (TPSA) is 109 Å². The molecule has 8 nitrogen and oxygen atoms in total. The Morgan fingerprint density at radius 2 is 2.04 bits per heavy atom. The molecule has 0 aliphatic rings. The van der Waals surface area contributed by atoms with Crippen molar-refractivity contribution in [2.24, 2.45) is 0 Å². The number of nitrogens with zero attached hydrogens (tertiary/aromatic N) is 6. The van der Waals surface area contributed by atoms with Gasteiger partial charge in [-0.15, -0.1) is 5.10 Å². The summed E-state index contributed by atoms with van der Waals surface area (Å²) in [7, 11) is 0. The van der Waals surface area contributed by atoms with Crippen molar-refractivity contribution in [1.29, 1.82) is 5.26 Å². The molecule has 0 unspecified atom stereocenters. The Labute approximate surface area is 131 Å². The molecule has 0 bridgehead atoms. The van der Waals surface area contributed by atoms with Crippen molar-refractivity contribution in [2.75, 3.05) is 5.32 Å². The van der Waals surface area contributed by atoms with Crippen LogP contribution in [0.4, 0.5) is 5.95 Å². The third kappa shape index (κ3) is 3.54. The van der Waals surface area contributed by atoms with E-state index in [0.717, 1.165) is 5.56 Å². The fraction of sp³-hybridized carbons (Fsp3) is 0.0667.